The Kier molecular flexibility index (Phi) is 5.06. The molecule has 6 heteroatoms. The smallest absolute Gasteiger partial charge is 0.311 e. The van der Waals surface area contributed by atoms with Gasteiger partial charge in [0.05, 0.1) is 10.8 Å². The van der Waals surface area contributed by atoms with E-state index in [2.05, 4.69) is 0 Å². The summed E-state index contributed by atoms with van der Waals surface area (Å²) in [6, 6.07) is 4.65. The summed E-state index contributed by atoms with van der Waals surface area (Å²) in [4.78, 5) is 21.7. The van der Waals surface area contributed by atoms with Crippen LogP contribution in [-0.4, -0.2) is 16.0 Å². The van der Waals surface area contributed by atoms with E-state index < -0.39 is 16.8 Å². The summed E-state index contributed by atoms with van der Waals surface area (Å²) in [6.07, 6.45) is 0.386. The van der Waals surface area contributed by atoms with Crippen molar-refractivity contribution >= 4 is 34.2 Å². The number of hydrogen-bond donors (Lipinski definition) is 1. The highest BCUT2D eigenvalue weighted by Crippen LogP contribution is 2.32. The third kappa shape index (κ3) is 3.66. The number of benzene rings is 1. The quantitative estimate of drug-likeness (QED) is 0.494. The first-order chi connectivity index (χ1) is 8.32. The molecule has 98 valence electrons. The van der Waals surface area contributed by atoms with Crippen molar-refractivity contribution in [2.75, 3.05) is 0 Å². The predicted molar refractivity (Wildman–Crippen MR) is 75.6 cm³/mol. The van der Waals surface area contributed by atoms with Crippen LogP contribution >= 0.6 is 22.6 Å². The Morgan fingerprint density at radius 2 is 2.11 bits per heavy atom. The lowest BCUT2D eigenvalue weighted by molar-refractivity contribution is -0.385. The van der Waals surface area contributed by atoms with E-state index in [1.54, 1.807) is 12.1 Å². The molecule has 0 aromatic heterocycles. The summed E-state index contributed by atoms with van der Waals surface area (Å²) in [5, 5.41) is 20.2. The minimum atomic E-state index is -1.02. The molecule has 1 unspecified atom stereocenters. The van der Waals surface area contributed by atoms with Crippen LogP contribution in [0.4, 0.5) is 5.69 Å². The van der Waals surface area contributed by atoms with Crippen LogP contribution in [0.1, 0.15) is 31.7 Å². The predicted octanol–water partition coefficient (Wildman–Crippen LogP) is 3.41. The number of rotatable bonds is 5. The number of nitro benzene ring substituents is 1. The van der Waals surface area contributed by atoms with E-state index in [9.17, 15) is 20.0 Å². The third-order valence-corrected chi connectivity index (χ3v) is 3.24. The van der Waals surface area contributed by atoms with Crippen LogP contribution < -0.4 is 0 Å². The van der Waals surface area contributed by atoms with Gasteiger partial charge in [-0.25, -0.2) is 0 Å². The van der Waals surface area contributed by atoms with Crippen molar-refractivity contribution in [3.63, 3.8) is 0 Å². The molecule has 0 saturated heterocycles. The zero-order valence-corrected chi connectivity index (χ0v) is 12.2. The van der Waals surface area contributed by atoms with Crippen LogP contribution in [0.2, 0.25) is 0 Å². The Morgan fingerprint density at radius 1 is 1.50 bits per heavy atom. The lowest BCUT2D eigenvalue weighted by Crippen LogP contribution is -2.15. The van der Waals surface area contributed by atoms with Crippen LogP contribution in [0.5, 0.6) is 0 Å². The van der Waals surface area contributed by atoms with E-state index in [-0.39, 0.29) is 17.2 Å². The summed E-state index contributed by atoms with van der Waals surface area (Å²) >= 11 is 1.97. The van der Waals surface area contributed by atoms with Gasteiger partial charge in [-0.1, -0.05) is 19.9 Å². The van der Waals surface area contributed by atoms with Crippen LogP contribution in [0.3, 0.4) is 0 Å². The van der Waals surface area contributed by atoms with E-state index in [4.69, 9.17) is 0 Å². The summed E-state index contributed by atoms with van der Waals surface area (Å²) < 4.78 is 0.719. The first-order valence-corrected chi connectivity index (χ1v) is 6.57. The topological polar surface area (TPSA) is 80.4 Å². The number of carbonyl (C=O) groups is 1. The zero-order valence-electron chi connectivity index (χ0n) is 10.1. The van der Waals surface area contributed by atoms with Crippen molar-refractivity contribution in [3.8, 4) is 0 Å². The molecule has 0 aliphatic heterocycles. The van der Waals surface area contributed by atoms with Gasteiger partial charge in [-0.2, -0.15) is 0 Å². The lowest BCUT2D eigenvalue weighted by atomic mass is 9.89. The Labute approximate surface area is 118 Å². The number of halogens is 1. The molecule has 0 spiro atoms. The molecule has 5 nitrogen and oxygen atoms in total. The van der Waals surface area contributed by atoms with Crippen molar-refractivity contribution in [2.24, 2.45) is 5.92 Å². The van der Waals surface area contributed by atoms with Crippen LogP contribution in [0, 0.1) is 19.6 Å². The Bertz CT molecular complexity index is 473. The average molecular weight is 363 g/mol. The molecule has 0 aliphatic carbocycles. The van der Waals surface area contributed by atoms with Gasteiger partial charge in [0.1, 0.15) is 0 Å². The number of nitrogens with zero attached hydrogens (tertiary/aromatic N) is 1. The van der Waals surface area contributed by atoms with Gasteiger partial charge >= 0.3 is 5.97 Å². The maximum atomic E-state index is 11.3. The number of nitro groups is 1. The van der Waals surface area contributed by atoms with Gasteiger partial charge in [-0.3, -0.25) is 14.9 Å². The molecule has 1 N–H and O–H groups in total. The third-order valence-electron chi connectivity index (χ3n) is 2.57. The first-order valence-electron chi connectivity index (χ1n) is 5.49. The molecular formula is C12H14INO4. The van der Waals surface area contributed by atoms with Gasteiger partial charge < -0.3 is 5.11 Å². The average Bonchev–Trinajstić information content (AvgIpc) is 2.25. The van der Waals surface area contributed by atoms with E-state index in [1.165, 1.54) is 6.07 Å². The number of aliphatic carboxylic acids is 1. The van der Waals surface area contributed by atoms with Crippen molar-refractivity contribution < 1.29 is 14.8 Å². The molecule has 0 amide bonds. The van der Waals surface area contributed by atoms with E-state index in [0.717, 1.165) is 3.57 Å². The molecule has 1 rings (SSSR count). The highest BCUT2D eigenvalue weighted by atomic mass is 127. The fourth-order valence-electron chi connectivity index (χ4n) is 1.80. The molecular weight excluding hydrogens is 349 g/mol. The highest BCUT2D eigenvalue weighted by molar-refractivity contribution is 14.1. The number of carboxylic acid groups (broad SMARTS) is 1. The van der Waals surface area contributed by atoms with Crippen LogP contribution in [0.15, 0.2) is 18.2 Å². The molecule has 1 atom stereocenters. The van der Waals surface area contributed by atoms with Crippen molar-refractivity contribution in [1.29, 1.82) is 0 Å². The normalized spacial score (nSPS) is 12.4. The molecule has 0 heterocycles. The van der Waals surface area contributed by atoms with Gasteiger partial charge in [-0.05, 0) is 41.0 Å². The fourth-order valence-corrected chi connectivity index (χ4v) is 2.28. The standard InChI is InChI=1S/C12H14INO4/c1-7(2)5-10(12(15)16)9-4-3-8(13)6-11(9)14(17)18/h3-4,6-7,10H,5H2,1-2H3,(H,15,16). The Morgan fingerprint density at radius 3 is 2.56 bits per heavy atom. The first kappa shape index (κ1) is 14.9. The van der Waals surface area contributed by atoms with Crippen molar-refractivity contribution in [1.82, 2.24) is 0 Å². The van der Waals surface area contributed by atoms with E-state index in [1.807, 2.05) is 36.4 Å². The Hall–Kier alpha value is -1.18. The monoisotopic (exact) mass is 363 g/mol. The van der Waals surface area contributed by atoms with Crippen molar-refractivity contribution in [3.05, 3.63) is 37.4 Å². The minimum absolute atomic E-state index is 0.116. The number of carboxylic acids is 1. The second-order valence-corrected chi connectivity index (χ2v) is 5.73. The molecule has 0 fully saturated rings. The second kappa shape index (κ2) is 6.12. The van der Waals surface area contributed by atoms with E-state index >= 15 is 0 Å². The molecule has 18 heavy (non-hydrogen) atoms. The summed E-state index contributed by atoms with van der Waals surface area (Å²) in [6.45, 7) is 3.79. The van der Waals surface area contributed by atoms with Gasteiger partial charge in [0.2, 0.25) is 0 Å². The van der Waals surface area contributed by atoms with Gasteiger partial charge in [-0.15, -0.1) is 0 Å². The highest BCUT2D eigenvalue weighted by Gasteiger charge is 2.28. The van der Waals surface area contributed by atoms with Crippen LogP contribution in [0.25, 0.3) is 0 Å². The lowest BCUT2D eigenvalue weighted by Gasteiger charge is -2.15. The van der Waals surface area contributed by atoms with Gasteiger partial charge in [0, 0.05) is 15.2 Å². The maximum absolute atomic E-state index is 11.3. The summed E-state index contributed by atoms with van der Waals surface area (Å²) in [5.74, 6) is -1.69. The molecule has 1 aromatic carbocycles. The fraction of sp³-hybridized carbons (Fsp3) is 0.417. The minimum Gasteiger partial charge on any atom is -0.481 e. The summed E-state index contributed by atoms with van der Waals surface area (Å²) in [7, 11) is 0. The molecule has 0 aliphatic rings. The van der Waals surface area contributed by atoms with Crippen LogP contribution in [-0.2, 0) is 4.79 Å². The maximum Gasteiger partial charge on any atom is 0.311 e. The SMILES string of the molecule is CC(C)CC(C(=O)O)c1ccc(I)cc1[N+](=O)[O-]. The zero-order chi connectivity index (χ0) is 13.9. The van der Waals surface area contributed by atoms with Gasteiger partial charge in [0.25, 0.3) is 5.69 Å². The molecule has 0 bridgehead atoms. The number of hydrogen-bond acceptors (Lipinski definition) is 3. The second-order valence-electron chi connectivity index (χ2n) is 4.48. The molecule has 0 radical (unpaired) electrons. The largest absolute Gasteiger partial charge is 0.481 e. The summed E-state index contributed by atoms with van der Waals surface area (Å²) in [5.41, 5.74) is 0.163. The molecule has 0 saturated carbocycles. The molecule has 1 aromatic rings. The van der Waals surface area contributed by atoms with E-state index in [0.29, 0.717) is 6.42 Å². The Balaban J connectivity index is 3.27. The van der Waals surface area contributed by atoms with Gasteiger partial charge in [0.15, 0.2) is 0 Å². The van der Waals surface area contributed by atoms with Crippen molar-refractivity contribution in [2.45, 2.75) is 26.2 Å².